The predicted molar refractivity (Wildman–Crippen MR) is 164 cm³/mol. The molecule has 232 valence electrons. The quantitative estimate of drug-likeness (QED) is 0.172. The van der Waals surface area contributed by atoms with Gasteiger partial charge >= 0.3 is 6.03 Å². The third kappa shape index (κ3) is 8.04. The molecule has 3 aromatic rings. The summed E-state index contributed by atoms with van der Waals surface area (Å²) in [6.07, 6.45) is 2.56. The first-order valence-electron chi connectivity index (χ1n) is 14.2. The van der Waals surface area contributed by atoms with Gasteiger partial charge in [0.05, 0.1) is 39.5 Å². The van der Waals surface area contributed by atoms with Crippen molar-refractivity contribution >= 4 is 17.8 Å². The number of nitrogens with one attached hydrogen (secondary N) is 3. The molecule has 1 saturated heterocycles. The number of aromatic hydroxyl groups is 1. The molecule has 0 bridgehead atoms. The zero-order valence-corrected chi connectivity index (χ0v) is 24.9. The number of phenolic OH excluding ortho intramolecular Hbond substituents is 1. The van der Waals surface area contributed by atoms with Gasteiger partial charge in [-0.2, -0.15) is 0 Å². The fraction of sp³-hybridized carbons (Fsp3) is 0.312. The molecular weight excluding hydrogens is 564 g/mol. The lowest BCUT2D eigenvalue weighted by Gasteiger charge is -2.46. The van der Waals surface area contributed by atoms with Crippen LogP contribution < -0.4 is 25.4 Å². The molecule has 0 saturated carbocycles. The van der Waals surface area contributed by atoms with Crippen molar-refractivity contribution in [3.05, 3.63) is 96.3 Å². The van der Waals surface area contributed by atoms with E-state index in [1.54, 1.807) is 53.6 Å². The van der Waals surface area contributed by atoms with Gasteiger partial charge in [0.15, 0.2) is 11.5 Å². The van der Waals surface area contributed by atoms with Crippen LogP contribution >= 0.6 is 0 Å². The average Bonchev–Trinajstić information content (AvgIpc) is 3.03. The van der Waals surface area contributed by atoms with Crippen LogP contribution in [0.15, 0.2) is 79.5 Å². The third-order valence-electron chi connectivity index (χ3n) is 7.18. The maximum absolute atomic E-state index is 14.2. The minimum Gasteiger partial charge on any atom is -0.508 e. The summed E-state index contributed by atoms with van der Waals surface area (Å²) < 4.78 is 11.1. The van der Waals surface area contributed by atoms with Gasteiger partial charge in [-0.25, -0.2) is 4.79 Å². The Bertz CT molecular complexity index is 1430. The van der Waals surface area contributed by atoms with Gasteiger partial charge in [0.2, 0.25) is 11.8 Å². The molecule has 4 N–H and O–H groups in total. The van der Waals surface area contributed by atoms with Crippen LogP contribution in [0.3, 0.4) is 0 Å². The molecule has 12 heteroatoms. The number of nitrogens with zero attached hydrogens (tertiary/aromatic N) is 3. The van der Waals surface area contributed by atoms with Crippen molar-refractivity contribution in [2.45, 2.75) is 31.7 Å². The van der Waals surface area contributed by atoms with Gasteiger partial charge in [-0.3, -0.25) is 14.6 Å². The monoisotopic (exact) mass is 602 g/mol. The Morgan fingerprint density at radius 3 is 2.57 bits per heavy atom. The lowest BCUT2D eigenvalue weighted by atomic mass is 9.99. The number of pyridine rings is 1. The highest BCUT2D eigenvalue weighted by Crippen LogP contribution is 2.33. The van der Waals surface area contributed by atoms with Crippen molar-refractivity contribution in [3.63, 3.8) is 0 Å². The largest absolute Gasteiger partial charge is 0.508 e. The Labute approximate surface area is 256 Å². The highest BCUT2D eigenvalue weighted by Gasteiger charge is 2.44. The third-order valence-corrected chi connectivity index (χ3v) is 7.18. The number of hydrogen-bond donors (Lipinski definition) is 4. The van der Waals surface area contributed by atoms with E-state index in [4.69, 9.17) is 9.47 Å². The van der Waals surface area contributed by atoms with E-state index in [0.717, 1.165) is 5.56 Å². The first-order valence-corrected chi connectivity index (χ1v) is 14.2. The van der Waals surface area contributed by atoms with E-state index < -0.39 is 18.2 Å². The molecule has 1 aromatic heterocycles. The number of benzene rings is 2. The maximum Gasteiger partial charge on any atom is 0.316 e. The lowest BCUT2D eigenvalue weighted by Crippen LogP contribution is -2.69. The Balaban J connectivity index is 1.67. The van der Waals surface area contributed by atoms with Gasteiger partial charge < -0.3 is 40.3 Å². The molecule has 2 atom stereocenters. The van der Waals surface area contributed by atoms with E-state index in [1.807, 2.05) is 12.1 Å². The molecular formula is C32H38N6O6. The Kier molecular flexibility index (Phi) is 11.1. The number of methoxy groups -OCH3 is 2. The van der Waals surface area contributed by atoms with Gasteiger partial charge in [0.1, 0.15) is 18.0 Å². The minimum atomic E-state index is -0.955. The van der Waals surface area contributed by atoms with Crippen LogP contribution in [0.25, 0.3) is 0 Å². The summed E-state index contributed by atoms with van der Waals surface area (Å²) in [6.45, 7) is 4.35. The van der Waals surface area contributed by atoms with Crippen molar-refractivity contribution < 1.29 is 29.0 Å². The molecule has 0 radical (unpaired) electrons. The zero-order chi connectivity index (χ0) is 31.5. The molecule has 0 aliphatic carbocycles. The molecule has 1 aliphatic heterocycles. The van der Waals surface area contributed by atoms with Crippen molar-refractivity contribution in [1.82, 2.24) is 30.7 Å². The van der Waals surface area contributed by atoms with E-state index in [-0.39, 0.29) is 50.2 Å². The van der Waals surface area contributed by atoms with Crippen LogP contribution in [0.4, 0.5) is 4.79 Å². The minimum absolute atomic E-state index is 0.0233. The second-order valence-electron chi connectivity index (χ2n) is 10.1. The predicted octanol–water partition coefficient (Wildman–Crippen LogP) is 2.19. The smallest absolute Gasteiger partial charge is 0.316 e. The summed E-state index contributed by atoms with van der Waals surface area (Å²) >= 11 is 0. The molecule has 44 heavy (non-hydrogen) atoms. The van der Waals surface area contributed by atoms with E-state index in [2.05, 4.69) is 27.5 Å². The standard InChI is InChI=1S/C32H38N6O6/c1-4-15-33-19-29(40)38-26(17-22-11-13-25(39)14-12-22)31(41)37(20-23-8-7-10-27(43-2)30(23)44-3)21-28(38)36-32(42)35-18-24-9-5-6-16-34-24/h4-14,16,26,28,33,39H,1,15,17-21H2,2-3H3,(H2,35,36,42)/t26-,28+/m0/s1. The van der Waals surface area contributed by atoms with Crippen molar-refractivity contribution in [3.8, 4) is 17.2 Å². The summed E-state index contributed by atoms with van der Waals surface area (Å²) in [5.74, 6) is 0.428. The van der Waals surface area contributed by atoms with Crippen LogP contribution in [0.2, 0.25) is 0 Å². The lowest BCUT2D eigenvalue weighted by molar-refractivity contribution is -0.157. The van der Waals surface area contributed by atoms with Gasteiger partial charge in [-0.15, -0.1) is 6.58 Å². The summed E-state index contributed by atoms with van der Waals surface area (Å²) in [4.78, 5) is 48.3. The number of para-hydroxylation sites is 1. The zero-order valence-electron chi connectivity index (χ0n) is 24.9. The number of urea groups is 1. The fourth-order valence-corrected chi connectivity index (χ4v) is 5.11. The number of hydrogen-bond acceptors (Lipinski definition) is 8. The van der Waals surface area contributed by atoms with Crippen LogP contribution in [-0.4, -0.2) is 83.8 Å². The number of phenols is 1. The summed E-state index contributed by atoms with van der Waals surface area (Å²) in [7, 11) is 3.06. The number of carbonyl (C=O) groups is 3. The van der Waals surface area contributed by atoms with Gasteiger partial charge in [0.25, 0.3) is 0 Å². The van der Waals surface area contributed by atoms with E-state index in [1.165, 1.54) is 31.3 Å². The van der Waals surface area contributed by atoms with Crippen molar-refractivity contribution in [1.29, 1.82) is 0 Å². The van der Waals surface area contributed by atoms with Crippen LogP contribution in [0.1, 0.15) is 16.8 Å². The number of amides is 4. The SMILES string of the molecule is C=CCNCC(=O)N1[C@@H](NC(=O)NCc2ccccn2)CN(Cc2cccc(OC)c2OC)C(=O)[C@@H]1Cc1ccc(O)cc1. The molecule has 1 aliphatic rings. The van der Waals surface area contributed by atoms with Gasteiger partial charge in [0, 0.05) is 31.3 Å². The first kappa shape index (κ1) is 31.8. The summed E-state index contributed by atoms with van der Waals surface area (Å²) in [5.41, 5.74) is 2.10. The highest BCUT2D eigenvalue weighted by molar-refractivity contribution is 5.91. The first-order chi connectivity index (χ1) is 21.3. The molecule has 0 spiro atoms. The summed E-state index contributed by atoms with van der Waals surface area (Å²) in [6, 6.07) is 15.8. The molecule has 2 heterocycles. The Hall–Kier alpha value is -5.10. The fourth-order valence-electron chi connectivity index (χ4n) is 5.11. The topological polar surface area (TPSA) is 145 Å². The Morgan fingerprint density at radius 1 is 1.09 bits per heavy atom. The second-order valence-corrected chi connectivity index (χ2v) is 10.1. The van der Waals surface area contributed by atoms with Gasteiger partial charge in [-0.05, 0) is 35.9 Å². The summed E-state index contributed by atoms with van der Waals surface area (Å²) in [5, 5.41) is 18.5. The van der Waals surface area contributed by atoms with Crippen molar-refractivity contribution in [2.24, 2.45) is 0 Å². The van der Waals surface area contributed by atoms with Gasteiger partial charge in [-0.1, -0.05) is 36.4 Å². The number of carbonyl (C=O) groups excluding carboxylic acids is 3. The highest BCUT2D eigenvalue weighted by atomic mass is 16.5. The maximum atomic E-state index is 14.2. The number of ether oxygens (including phenoxy) is 2. The molecule has 4 amide bonds. The van der Waals surface area contributed by atoms with E-state index in [0.29, 0.717) is 29.3 Å². The molecule has 2 aromatic carbocycles. The normalized spacial score (nSPS) is 16.3. The van der Waals surface area contributed by atoms with Crippen LogP contribution in [0, 0.1) is 0 Å². The van der Waals surface area contributed by atoms with Crippen molar-refractivity contribution in [2.75, 3.05) is 33.9 Å². The molecule has 4 rings (SSSR count). The average molecular weight is 603 g/mol. The van der Waals surface area contributed by atoms with Crippen LogP contribution in [0.5, 0.6) is 17.2 Å². The second kappa shape index (κ2) is 15.4. The van der Waals surface area contributed by atoms with E-state index in [9.17, 15) is 19.5 Å². The molecule has 1 fully saturated rings. The Morgan fingerprint density at radius 2 is 1.89 bits per heavy atom. The number of aromatic nitrogens is 1. The molecule has 0 unspecified atom stereocenters. The number of rotatable bonds is 13. The van der Waals surface area contributed by atoms with E-state index >= 15 is 0 Å². The molecule has 12 nitrogen and oxygen atoms in total. The number of piperazine rings is 1. The van der Waals surface area contributed by atoms with Crippen LogP contribution in [-0.2, 0) is 29.1 Å².